The van der Waals surface area contributed by atoms with Crippen molar-refractivity contribution < 1.29 is 14.7 Å². The van der Waals surface area contributed by atoms with Crippen molar-refractivity contribution in [2.75, 3.05) is 6.54 Å². The monoisotopic (exact) mass is 295 g/mol. The summed E-state index contributed by atoms with van der Waals surface area (Å²) in [5.41, 5.74) is 1.26. The van der Waals surface area contributed by atoms with Gasteiger partial charge >= 0.3 is 0 Å². The highest BCUT2D eigenvalue weighted by atomic mass is 16.3. The van der Waals surface area contributed by atoms with Crippen LogP contribution in [0, 0.1) is 6.92 Å². The average Bonchev–Trinajstić information content (AvgIpc) is 2.73. The zero-order valence-corrected chi connectivity index (χ0v) is 12.5. The van der Waals surface area contributed by atoms with Crippen molar-refractivity contribution in [3.63, 3.8) is 0 Å². The maximum Gasteiger partial charge on any atom is 0.261 e. The Labute approximate surface area is 129 Å². The molecule has 1 aliphatic rings. The van der Waals surface area contributed by atoms with E-state index < -0.39 is 5.60 Å². The Bertz CT molecular complexity index is 712. The third-order valence-electron chi connectivity index (χ3n) is 4.02. The molecule has 4 heteroatoms. The zero-order valence-electron chi connectivity index (χ0n) is 12.5. The van der Waals surface area contributed by atoms with Crippen LogP contribution >= 0.6 is 0 Å². The van der Waals surface area contributed by atoms with Gasteiger partial charge in [-0.3, -0.25) is 14.5 Å². The Balaban J connectivity index is 1.89. The lowest BCUT2D eigenvalue weighted by molar-refractivity contribution is 0.0171. The Hall–Kier alpha value is -2.46. The molecule has 0 saturated heterocycles. The molecule has 4 nitrogen and oxygen atoms in total. The number of nitrogens with zero attached hydrogens (tertiary/aromatic N) is 1. The van der Waals surface area contributed by atoms with Gasteiger partial charge in [-0.1, -0.05) is 42.0 Å². The zero-order chi connectivity index (χ0) is 15.9. The topological polar surface area (TPSA) is 57.6 Å². The molecule has 0 radical (unpaired) electrons. The fourth-order valence-electron chi connectivity index (χ4n) is 2.69. The van der Waals surface area contributed by atoms with E-state index >= 15 is 0 Å². The van der Waals surface area contributed by atoms with Crippen molar-refractivity contribution >= 4 is 11.8 Å². The second-order valence-electron chi connectivity index (χ2n) is 5.88. The molecule has 3 rings (SSSR count). The normalized spacial score (nSPS) is 16.6. The predicted octanol–water partition coefficient (Wildman–Crippen LogP) is 2.50. The number of imide groups is 1. The van der Waals surface area contributed by atoms with Crippen molar-refractivity contribution in [1.82, 2.24) is 4.90 Å². The van der Waals surface area contributed by atoms with Gasteiger partial charge in [-0.15, -0.1) is 0 Å². The number of hydrogen-bond acceptors (Lipinski definition) is 3. The van der Waals surface area contributed by atoms with Gasteiger partial charge in [0.05, 0.1) is 17.7 Å². The van der Waals surface area contributed by atoms with E-state index in [1.165, 1.54) is 0 Å². The summed E-state index contributed by atoms with van der Waals surface area (Å²) < 4.78 is 0. The van der Waals surface area contributed by atoms with Gasteiger partial charge in [0.15, 0.2) is 0 Å². The van der Waals surface area contributed by atoms with Crippen LogP contribution in [0.4, 0.5) is 0 Å². The molecule has 112 valence electrons. The van der Waals surface area contributed by atoms with E-state index in [-0.39, 0.29) is 18.4 Å². The first kappa shape index (κ1) is 14.5. The van der Waals surface area contributed by atoms with E-state index in [4.69, 9.17) is 0 Å². The van der Waals surface area contributed by atoms with Gasteiger partial charge in [0.2, 0.25) is 0 Å². The number of benzene rings is 2. The summed E-state index contributed by atoms with van der Waals surface area (Å²) in [5, 5.41) is 10.7. The first-order chi connectivity index (χ1) is 10.4. The summed E-state index contributed by atoms with van der Waals surface area (Å²) >= 11 is 0. The molecule has 1 heterocycles. The molecule has 0 fully saturated rings. The van der Waals surface area contributed by atoms with Crippen LogP contribution in [-0.4, -0.2) is 28.4 Å². The van der Waals surface area contributed by atoms with Crippen LogP contribution < -0.4 is 0 Å². The summed E-state index contributed by atoms with van der Waals surface area (Å²) in [6, 6.07) is 14.1. The summed E-state index contributed by atoms with van der Waals surface area (Å²) in [7, 11) is 0. The summed E-state index contributed by atoms with van der Waals surface area (Å²) in [4.78, 5) is 25.8. The van der Waals surface area contributed by atoms with Gasteiger partial charge in [-0.05, 0) is 31.5 Å². The highest BCUT2D eigenvalue weighted by Gasteiger charge is 2.39. The van der Waals surface area contributed by atoms with Gasteiger partial charge in [-0.2, -0.15) is 0 Å². The molecule has 0 spiro atoms. The van der Waals surface area contributed by atoms with E-state index in [9.17, 15) is 14.7 Å². The van der Waals surface area contributed by atoms with E-state index in [1.807, 2.05) is 31.2 Å². The number of rotatable bonds is 3. The molecule has 2 amide bonds. The van der Waals surface area contributed by atoms with E-state index in [0.717, 1.165) is 10.5 Å². The van der Waals surface area contributed by atoms with Gasteiger partial charge < -0.3 is 5.11 Å². The molecule has 0 aromatic heterocycles. The quantitative estimate of drug-likeness (QED) is 0.885. The van der Waals surface area contributed by atoms with Crippen molar-refractivity contribution in [2.45, 2.75) is 19.4 Å². The predicted molar refractivity (Wildman–Crippen MR) is 82.6 cm³/mol. The maximum atomic E-state index is 12.4. The first-order valence-electron chi connectivity index (χ1n) is 7.15. The van der Waals surface area contributed by atoms with Crippen LogP contribution in [-0.2, 0) is 5.60 Å². The molecular formula is C18H17NO3. The standard InChI is InChI=1S/C18H17NO3/c1-12-7-9-13(10-8-12)18(2,22)11-19-16(20)14-5-3-4-6-15(14)17(19)21/h3-10,22H,11H2,1-2H3. The van der Waals surface area contributed by atoms with Crippen LogP contribution in [0.1, 0.15) is 38.8 Å². The number of amides is 2. The van der Waals surface area contributed by atoms with E-state index in [0.29, 0.717) is 16.7 Å². The molecule has 1 unspecified atom stereocenters. The minimum atomic E-state index is -1.29. The number of aliphatic hydroxyl groups is 1. The molecular weight excluding hydrogens is 278 g/mol. The highest BCUT2D eigenvalue weighted by Crippen LogP contribution is 2.28. The number of β-amino-alcohol motifs (C(OH)–C–C–N with tert-alkyl or cyclic N) is 1. The van der Waals surface area contributed by atoms with Crippen molar-refractivity contribution in [3.05, 3.63) is 70.8 Å². The summed E-state index contributed by atoms with van der Waals surface area (Å²) in [5.74, 6) is -0.707. The van der Waals surface area contributed by atoms with Crippen LogP contribution in [0.5, 0.6) is 0 Å². The van der Waals surface area contributed by atoms with E-state index in [1.54, 1.807) is 31.2 Å². The number of fused-ring (bicyclic) bond motifs is 1. The molecule has 0 aliphatic carbocycles. The van der Waals surface area contributed by atoms with Crippen LogP contribution in [0.2, 0.25) is 0 Å². The number of carbonyl (C=O) groups is 2. The second-order valence-corrected chi connectivity index (χ2v) is 5.88. The SMILES string of the molecule is Cc1ccc(C(C)(O)CN2C(=O)c3ccccc3C2=O)cc1. The second kappa shape index (κ2) is 5.07. The molecule has 0 bridgehead atoms. The van der Waals surface area contributed by atoms with Crippen molar-refractivity contribution in [1.29, 1.82) is 0 Å². The van der Waals surface area contributed by atoms with Crippen LogP contribution in [0.15, 0.2) is 48.5 Å². The Morgan fingerprint density at radius 2 is 1.45 bits per heavy atom. The fraction of sp³-hybridized carbons (Fsp3) is 0.222. The maximum absolute atomic E-state index is 12.4. The van der Waals surface area contributed by atoms with Gasteiger partial charge in [0.1, 0.15) is 5.60 Å². The number of hydrogen-bond donors (Lipinski definition) is 1. The van der Waals surface area contributed by atoms with E-state index in [2.05, 4.69) is 0 Å². The molecule has 1 atom stereocenters. The molecule has 1 aliphatic heterocycles. The average molecular weight is 295 g/mol. The van der Waals surface area contributed by atoms with Crippen molar-refractivity contribution in [2.24, 2.45) is 0 Å². The lowest BCUT2D eigenvalue weighted by Gasteiger charge is -2.28. The lowest BCUT2D eigenvalue weighted by atomic mass is 9.94. The molecule has 2 aromatic rings. The summed E-state index contributed by atoms with van der Waals surface area (Å²) in [6.45, 7) is 3.51. The smallest absolute Gasteiger partial charge is 0.261 e. The van der Waals surface area contributed by atoms with Gasteiger partial charge in [0.25, 0.3) is 11.8 Å². The Morgan fingerprint density at radius 1 is 0.955 bits per heavy atom. The summed E-state index contributed by atoms with van der Waals surface area (Å²) in [6.07, 6.45) is 0. The Kier molecular flexibility index (Phi) is 3.34. The number of carbonyl (C=O) groups excluding carboxylic acids is 2. The molecule has 0 saturated carbocycles. The number of aryl methyl sites for hydroxylation is 1. The van der Waals surface area contributed by atoms with Crippen LogP contribution in [0.25, 0.3) is 0 Å². The lowest BCUT2D eigenvalue weighted by Crippen LogP contribution is -2.42. The first-order valence-corrected chi connectivity index (χ1v) is 7.15. The van der Waals surface area contributed by atoms with Crippen molar-refractivity contribution in [3.8, 4) is 0 Å². The third-order valence-corrected chi connectivity index (χ3v) is 4.02. The van der Waals surface area contributed by atoms with Crippen LogP contribution in [0.3, 0.4) is 0 Å². The molecule has 22 heavy (non-hydrogen) atoms. The fourth-order valence-corrected chi connectivity index (χ4v) is 2.69. The minimum absolute atomic E-state index is 0.0671. The molecule has 2 aromatic carbocycles. The largest absolute Gasteiger partial charge is 0.384 e. The minimum Gasteiger partial charge on any atom is -0.384 e. The van der Waals surface area contributed by atoms with Gasteiger partial charge in [-0.25, -0.2) is 0 Å². The molecule has 1 N–H and O–H groups in total. The third kappa shape index (κ3) is 2.31. The van der Waals surface area contributed by atoms with Gasteiger partial charge in [0, 0.05) is 0 Å². The highest BCUT2D eigenvalue weighted by molar-refractivity contribution is 6.21. The Morgan fingerprint density at radius 3 is 1.95 bits per heavy atom.